The van der Waals surface area contributed by atoms with Gasteiger partial charge in [-0.05, 0) is 37.0 Å². The fourth-order valence-corrected chi connectivity index (χ4v) is 2.65. The molecule has 20 heavy (non-hydrogen) atoms. The predicted molar refractivity (Wildman–Crippen MR) is 76.2 cm³/mol. The number of carbonyl (C=O) groups excluding carboxylic acids is 1. The number of nitriles is 1. The van der Waals surface area contributed by atoms with Crippen molar-refractivity contribution < 1.29 is 9.53 Å². The van der Waals surface area contributed by atoms with E-state index in [2.05, 4.69) is 11.4 Å². The summed E-state index contributed by atoms with van der Waals surface area (Å²) in [6, 6.07) is 10.0. The Morgan fingerprint density at radius 1 is 1.35 bits per heavy atom. The highest BCUT2D eigenvalue weighted by Crippen LogP contribution is 2.37. The maximum absolute atomic E-state index is 12.1. The van der Waals surface area contributed by atoms with E-state index >= 15 is 0 Å². The lowest BCUT2D eigenvalue weighted by atomic mass is 9.87. The van der Waals surface area contributed by atoms with Gasteiger partial charge < -0.3 is 10.1 Å². The molecule has 0 bridgehead atoms. The number of amides is 1. The van der Waals surface area contributed by atoms with Gasteiger partial charge in [0.05, 0.1) is 13.2 Å². The number of methoxy groups -OCH3 is 1. The fourth-order valence-electron chi connectivity index (χ4n) is 2.65. The Morgan fingerprint density at radius 3 is 2.55 bits per heavy atom. The first kappa shape index (κ1) is 14.4. The van der Waals surface area contributed by atoms with Gasteiger partial charge in [-0.1, -0.05) is 25.0 Å². The van der Waals surface area contributed by atoms with Crippen molar-refractivity contribution in [1.82, 2.24) is 5.32 Å². The van der Waals surface area contributed by atoms with Crippen molar-refractivity contribution in [2.75, 3.05) is 13.7 Å². The molecule has 1 aliphatic carbocycles. The van der Waals surface area contributed by atoms with Crippen LogP contribution in [0.15, 0.2) is 24.3 Å². The van der Waals surface area contributed by atoms with Crippen LogP contribution in [0.1, 0.15) is 31.2 Å². The Labute approximate surface area is 119 Å². The van der Waals surface area contributed by atoms with Gasteiger partial charge in [0.15, 0.2) is 0 Å². The van der Waals surface area contributed by atoms with Crippen LogP contribution in [0.3, 0.4) is 0 Å². The van der Waals surface area contributed by atoms with Crippen LogP contribution in [0.2, 0.25) is 0 Å². The van der Waals surface area contributed by atoms with Crippen molar-refractivity contribution in [3.05, 3.63) is 29.8 Å². The average Bonchev–Trinajstić information content (AvgIpc) is 2.98. The summed E-state index contributed by atoms with van der Waals surface area (Å²) in [5.41, 5.74) is 0.364. The van der Waals surface area contributed by atoms with Crippen molar-refractivity contribution in [3.8, 4) is 11.8 Å². The molecule has 106 valence electrons. The van der Waals surface area contributed by atoms with Crippen LogP contribution >= 0.6 is 0 Å². The lowest BCUT2D eigenvalue weighted by Gasteiger charge is -2.19. The highest BCUT2D eigenvalue weighted by molar-refractivity contribution is 5.85. The lowest BCUT2D eigenvalue weighted by molar-refractivity contribution is -0.127. The van der Waals surface area contributed by atoms with Crippen LogP contribution in [0.25, 0.3) is 0 Å². The van der Waals surface area contributed by atoms with Crippen LogP contribution in [0, 0.1) is 16.7 Å². The van der Waals surface area contributed by atoms with Gasteiger partial charge >= 0.3 is 0 Å². The maximum atomic E-state index is 12.1. The van der Waals surface area contributed by atoms with Crippen molar-refractivity contribution in [3.63, 3.8) is 0 Å². The maximum Gasteiger partial charge on any atom is 0.240 e. The van der Waals surface area contributed by atoms with Crippen LogP contribution < -0.4 is 10.1 Å². The first-order valence-corrected chi connectivity index (χ1v) is 7.03. The van der Waals surface area contributed by atoms with Crippen molar-refractivity contribution in [2.45, 2.75) is 32.1 Å². The van der Waals surface area contributed by atoms with E-state index in [-0.39, 0.29) is 5.91 Å². The van der Waals surface area contributed by atoms with Crippen LogP contribution in [-0.4, -0.2) is 19.6 Å². The summed E-state index contributed by atoms with van der Waals surface area (Å²) < 4.78 is 5.10. The molecule has 0 saturated heterocycles. The molecule has 2 rings (SSSR count). The lowest BCUT2D eigenvalue weighted by Crippen LogP contribution is -2.39. The molecule has 1 N–H and O–H groups in total. The normalized spacial score (nSPS) is 16.4. The average molecular weight is 272 g/mol. The van der Waals surface area contributed by atoms with Gasteiger partial charge in [-0.25, -0.2) is 0 Å². The zero-order chi connectivity index (χ0) is 14.4. The molecule has 1 amide bonds. The summed E-state index contributed by atoms with van der Waals surface area (Å²) >= 11 is 0. The molecule has 1 aromatic carbocycles. The molecule has 0 radical (unpaired) electrons. The molecule has 4 heteroatoms. The molecule has 0 heterocycles. The third kappa shape index (κ3) is 3.11. The van der Waals surface area contributed by atoms with Gasteiger partial charge in [-0.3, -0.25) is 4.79 Å². The van der Waals surface area contributed by atoms with E-state index in [1.807, 2.05) is 24.3 Å². The smallest absolute Gasteiger partial charge is 0.240 e. The largest absolute Gasteiger partial charge is 0.497 e. The second-order valence-corrected chi connectivity index (χ2v) is 5.25. The first-order valence-electron chi connectivity index (χ1n) is 7.03. The van der Waals surface area contributed by atoms with Gasteiger partial charge in [0, 0.05) is 6.54 Å². The van der Waals surface area contributed by atoms with E-state index in [9.17, 15) is 10.1 Å². The van der Waals surface area contributed by atoms with E-state index in [1.54, 1.807) is 7.11 Å². The van der Waals surface area contributed by atoms with Crippen LogP contribution in [0.5, 0.6) is 5.75 Å². The van der Waals surface area contributed by atoms with E-state index < -0.39 is 5.41 Å². The first-order chi connectivity index (χ1) is 9.70. The Kier molecular flexibility index (Phi) is 4.62. The number of ether oxygens (including phenoxy) is 1. The number of nitrogens with zero attached hydrogens (tertiary/aromatic N) is 1. The van der Waals surface area contributed by atoms with Crippen molar-refractivity contribution >= 4 is 5.91 Å². The highest BCUT2D eigenvalue weighted by atomic mass is 16.5. The zero-order valence-corrected chi connectivity index (χ0v) is 11.8. The van der Waals surface area contributed by atoms with Gasteiger partial charge in [0.1, 0.15) is 11.2 Å². The molecule has 1 saturated carbocycles. The van der Waals surface area contributed by atoms with Crippen molar-refractivity contribution in [1.29, 1.82) is 5.26 Å². The minimum atomic E-state index is -0.778. The summed E-state index contributed by atoms with van der Waals surface area (Å²) in [5.74, 6) is 0.721. The molecule has 0 atom stereocenters. The molecule has 1 fully saturated rings. The molecule has 0 aliphatic heterocycles. The van der Waals surface area contributed by atoms with E-state index in [0.717, 1.165) is 30.6 Å². The molecule has 1 aromatic rings. The number of benzene rings is 1. The Hall–Kier alpha value is -2.02. The summed E-state index contributed by atoms with van der Waals surface area (Å²) in [6.45, 7) is 0.564. The summed E-state index contributed by atoms with van der Waals surface area (Å²) in [6.07, 6.45) is 4.09. The quantitative estimate of drug-likeness (QED) is 0.895. The van der Waals surface area contributed by atoms with E-state index in [4.69, 9.17) is 4.74 Å². The monoisotopic (exact) mass is 272 g/mol. The number of rotatable bonds is 5. The number of hydrogen-bond donors (Lipinski definition) is 1. The highest BCUT2D eigenvalue weighted by Gasteiger charge is 2.41. The summed E-state index contributed by atoms with van der Waals surface area (Å²) in [5, 5.41) is 12.1. The van der Waals surface area contributed by atoms with Gasteiger partial charge in [0.25, 0.3) is 0 Å². The molecular formula is C16H20N2O2. The zero-order valence-electron chi connectivity index (χ0n) is 11.8. The van der Waals surface area contributed by atoms with Crippen LogP contribution in [-0.2, 0) is 11.2 Å². The number of nitrogens with one attached hydrogen (secondary N) is 1. The van der Waals surface area contributed by atoms with Crippen LogP contribution in [0.4, 0.5) is 0 Å². The second kappa shape index (κ2) is 6.42. The molecule has 0 unspecified atom stereocenters. The van der Waals surface area contributed by atoms with E-state index in [0.29, 0.717) is 19.4 Å². The second-order valence-electron chi connectivity index (χ2n) is 5.25. The van der Waals surface area contributed by atoms with Gasteiger partial charge in [-0.15, -0.1) is 0 Å². The molecule has 1 aliphatic rings. The third-order valence-electron chi connectivity index (χ3n) is 3.96. The Morgan fingerprint density at radius 2 is 2.00 bits per heavy atom. The third-order valence-corrected chi connectivity index (χ3v) is 3.96. The molecule has 4 nitrogen and oxygen atoms in total. The topological polar surface area (TPSA) is 62.1 Å². The Balaban J connectivity index is 1.83. The Bertz CT molecular complexity index is 496. The molecule has 0 aromatic heterocycles. The number of carbonyl (C=O) groups is 1. The molecular weight excluding hydrogens is 252 g/mol. The standard InChI is InChI=1S/C16H20N2O2/c1-20-14-6-4-13(5-7-14)8-11-18-15(19)16(12-17)9-2-3-10-16/h4-7H,2-3,8-11H2,1H3,(H,18,19). The SMILES string of the molecule is COc1ccc(CCNC(=O)C2(C#N)CCCC2)cc1. The van der Waals surface area contributed by atoms with Gasteiger partial charge in [-0.2, -0.15) is 5.26 Å². The molecule has 0 spiro atoms. The minimum Gasteiger partial charge on any atom is -0.497 e. The fraction of sp³-hybridized carbons (Fsp3) is 0.500. The summed E-state index contributed by atoms with van der Waals surface area (Å²) in [7, 11) is 1.64. The summed E-state index contributed by atoms with van der Waals surface area (Å²) in [4.78, 5) is 12.1. The predicted octanol–water partition coefficient (Wildman–Crippen LogP) is 2.44. The minimum absolute atomic E-state index is 0.106. The van der Waals surface area contributed by atoms with Gasteiger partial charge in [0.2, 0.25) is 5.91 Å². The number of hydrogen-bond acceptors (Lipinski definition) is 3. The van der Waals surface area contributed by atoms with E-state index in [1.165, 1.54) is 0 Å². The van der Waals surface area contributed by atoms with Crippen molar-refractivity contribution in [2.24, 2.45) is 5.41 Å².